The monoisotopic (exact) mass is 338 g/mol. The maximum absolute atomic E-state index is 13.0. The minimum absolute atomic E-state index is 0.0112. The summed E-state index contributed by atoms with van der Waals surface area (Å²) in [4.78, 5) is 37.4. The summed E-state index contributed by atoms with van der Waals surface area (Å²) in [7, 11) is 0. The maximum Gasteiger partial charge on any atom is 0.229 e. The number of fused-ring (bicyclic) bond motifs is 4. The zero-order valence-corrected chi connectivity index (χ0v) is 13.3. The summed E-state index contributed by atoms with van der Waals surface area (Å²) >= 11 is 0. The van der Waals surface area contributed by atoms with Crippen LogP contribution in [0.5, 0.6) is 0 Å². The van der Waals surface area contributed by atoms with E-state index in [-0.39, 0.29) is 22.9 Å². The van der Waals surface area contributed by atoms with Crippen molar-refractivity contribution in [3.63, 3.8) is 0 Å². The summed E-state index contributed by atoms with van der Waals surface area (Å²) < 4.78 is 5.40. The number of benzene rings is 1. The molecule has 0 fully saturated rings. The van der Waals surface area contributed by atoms with Gasteiger partial charge in [-0.3, -0.25) is 14.4 Å². The molecule has 0 aliphatic heterocycles. The highest BCUT2D eigenvalue weighted by Gasteiger charge is 2.57. The van der Waals surface area contributed by atoms with E-state index in [1.807, 2.05) is 0 Å². The van der Waals surface area contributed by atoms with Gasteiger partial charge in [0, 0.05) is 23.1 Å². The second-order valence-electron chi connectivity index (χ2n) is 7.08. The fourth-order valence-electron chi connectivity index (χ4n) is 4.63. The summed E-state index contributed by atoms with van der Waals surface area (Å²) in [6.45, 7) is 1.69. The van der Waals surface area contributed by atoms with E-state index >= 15 is 0 Å². The second kappa shape index (κ2) is 4.33. The third-order valence-electron chi connectivity index (χ3n) is 5.94. The molecule has 25 heavy (non-hydrogen) atoms. The van der Waals surface area contributed by atoms with E-state index in [2.05, 4.69) is 0 Å². The van der Waals surface area contributed by atoms with Gasteiger partial charge in [0.05, 0.1) is 11.0 Å². The number of ketones is 3. The van der Waals surface area contributed by atoms with Crippen molar-refractivity contribution in [3.05, 3.63) is 57.5 Å². The molecule has 2 aromatic rings. The number of aliphatic hydroxyl groups excluding tert-OH is 2. The minimum atomic E-state index is -1.60. The highest BCUT2D eigenvalue weighted by Crippen LogP contribution is 2.51. The van der Waals surface area contributed by atoms with Crippen molar-refractivity contribution in [2.24, 2.45) is 0 Å². The van der Waals surface area contributed by atoms with E-state index in [9.17, 15) is 24.6 Å². The number of rotatable bonds is 0. The first-order valence-electron chi connectivity index (χ1n) is 8.14. The van der Waals surface area contributed by atoms with Crippen LogP contribution in [0.3, 0.4) is 0 Å². The first-order valence-corrected chi connectivity index (χ1v) is 8.14. The van der Waals surface area contributed by atoms with Crippen molar-refractivity contribution in [2.45, 2.75) is 37.4 Å². The lowest BCUT2D eigenvalue weighted by Gasteiger charge is -2.44. The van der Waals surface area contributed by atoms with Crippen LogP contribution in [0.15, 0.2) is 22.8 Å². The predicted octanol–water partition coefficient (Wildman–Crippen LogP) is 1.18. The normalized spacial score (nSPS) is 29.5. The van der Waals surface area contributed by atoms with Crippen molar-refractivity contribution in [1.82, 2.24) is 0 Å². The molecule has 0 saturated carbocycles. The molecule has 3 aliphatic rings. The van der Waals surface area contributed by atoms with Gasteiger partial charge in [0.25, 0.3) is 0 Å². The Bertz CT molecular complexity index is 1010. The van der Waals surface area contributed by atoms with Crippen LogP contribution in [-0.4, -0.2) is 39.8 Å². The molecule has 1 heterocycles. The van der Waals surface area contributed by atoms with Gasteiger partial charge in [-0.15, -0.1) is 0 Å². The standard InChI is InChI=1S/C19H14O6/c1-19-10-4-2-7-8(3-5-11(7)20)12(10)15(22)17-13(19)9(6-25-17)14(21)16(23)18(19)24/h2,4,6,16,18,23-24H,3,5H2,1H3/t16-,18-,19+/m0/s1. The fraction of sp³-hybridized carbons (Fsp3) is 0.316. The lowest BCUT2D eigenvalue weighted by atomic mass is 9.60. The quantitative estimate of drug-likeness (QED) is 0.747. The molecule has 0 unspecified atom stereocenters. The second-order valence-corrected chi connectivity index (χ2v) is 7.08. The molecule has 0 radical (unpaired) electrons. The Kier molecular flexibility index (Phi) is 2.56. The number of hydrogen-bond acceptors (Lipinski definition) is 6. The van der Waals surface area contributed by atoms with Crippen molar-refractivity contribution in [2.75, 3.05) is 0 Å². The third kappa shape index (κ3) is 1.46. The summed E-state index contributed by atoms with van der Waals surface area (Å²) in [5, 5.41) is 21.0. The topological polar surface area (TPSA) is 105 Å². The van der Waals surface area contributed by atoms with E-state index in [1.165, 1.54) is 6.26 Å². The number of hydrogen-bond donors (Lipinski definition) is 2. The van der Waals surface area contributed by atoms with Crippen LogP contribution >= 0.6 is 0 Å². The Morgan fingerprint density at radius 1 is 1.12 bits per heavy atom. The van der Waals surface area contributed by atoms with Gasteiger partial charge in [0.2, 0.25) is 5.78 Å². The van der Waals surface area contributed by atoms with Crippen LogP contribution in [-0.2, 0) is 11.8 Å². The molecular weight excluding hydrogens is 324 g/mol. The van der Waals surface area contributed by atoms with Gasteiger partial charge < -0.3 is 14.6 Å². The Morgan fingerprint density at radius 2 is 1.88 bits per heavy atom. The maximum atomic E-state index is 13.0. The summed E-state index contributed by atoms with van der Waals surface area (Å²) in [6, 6.07) is 3.32. The van der Waals surface area contributed by atoms with Crippen LogP contribution in [0, 0.1) is 0 Å². The van der Waals surface area contributed by atoms with E-state index in [1.54, 1.807) is 19.1 Å². The molecule has 3 aliphatic carbocycles. The molecule has 126 valence electrons. The smallest absolute Gasteiger partial charge is 0.229 e. The van der Waals surface area contributed by atoms with E-state index < -0.39 is 23.4 Å². The molecule has 0 spiro atoms. The fourth-order valence-corrected chi connectivity index (χ4v) is 4.63. The van der Waals surface area contributed by atoms with Gasteiger partial charge in [-0.25, -0.2) is 0 Å². The lowest BCUT2D eigenvalue weighted by molar-refractivity contribution is -0.0123. The Morgan fingerprint density at radius 3 is 2.64 bits per heavy atom. The van der Waals surface area contributed by atoms with Crippen LogP contribution in [0.1, 0.15) is 66.9 Å². The zero-order valence-electron chi connectivity index (χ0n) is 13.3. The van der Waals surface area contributed by atoms with Gasteiger partial charge >= 0.3 is 0 Å². The molecule has 6 heteroatoms. The zero-order chi connectivity index (χ0) is 17.7. The Labute approximate surface area is 142 Å². The average molecular weight is 338 g/mol. The van der Waals surface area contributed by atoms with E-state index in [0.717, 1.165) is 0 Å². The Balaban J connectivity index is 1.91. The first-order chi connectivity index (χ1) is 11.9. The molecule has 2 N–H and O–H groups in total. The van der Waals surface area contributed by atoms with Gasteiger partial charge in [0.15, 0.2) is 17.3 Å². The molecule has 5 rings (SSSR count). The molecule has 6 nitrogen and oxygen atoms in total. The van der Waals surface area contributed by atoms with Crippen molar-refractivity contribution < 1.29 is 29.0 Å². The first kappa shape index (κ1) is 14.7. The summed E-state index contributed by atoms with van der Waals surface area (Å²) in [5.41, 5.74) is 1.38. The van der Waals surface area contributed by atoms with E-state index in [0.29, 0.717) is 40.7 Å². The van der Waals surface area contributed by atoms with Crippen molar-refractivity contribution in [3.8, 4) is 0 Å². The van der Waals surface area contributed by atoms with Crippen LogP contribution in [0.4, 0.5) is 0 Å². The average Bonchev–Trinajstić information content (AvgIpc) is 3.21. The number of aliphatic hydroxyl groups is 2. The number of carbonyl (C=O) groups is 3. The molecule has 1 aromatic heterocycles. The molecule has 0 saturated heterocycles. The van der Waals surface area contributed by atoms with Crippen molar-refractivity contribution in [1.29, 1.82) is 0 Å². The van der Waals surface area contributed by atoms with Gasteiger partial charge in [-0.2, -0.15) is 0 Å². The molecule has 3 atom stereocenters. The highest BCUT2D eigenvalue weighted by molar-refractivity contribution is 6.18. The number of furan rings is 1. The van der Waals surface area contributed by atoms with Crippen LogP contribution in [0.2, 0.25) is 0 Å². The lowest BCUT2D eigenvalue weighted by Crippen LogP contribution is -2.55. The van der Waals surface area contributed by atoms with Gasteiger partial charge in [-0.1, -0.05) is 12.1 Å². The SMILES string of the molecule is C[C@@]12c3ccc4c(c3C(=O)c3occ(c31)C(=O)[C@H](O)[C@@H]2O)CCC4=O. The Hall–Kier alpha value is -2.57. The molecular formula is C19H14O6. The largest absolute Gasteiger partial charge is 0.460 e. The molecule has 1 aromatic carbocycles. The van der Waals surface area contributed by atoms with Gasteiger partial charge in [-0.05, 0) is 24.5 Å². The summed E-state index contributed by atoms with van der Waals surface area (Å²) in [6.07, 6.45) is -1.03. The number of carbonyl (C=O) groups excluding carboxylic acids is 3. The highest BCUT2D eigenvalue weighted by atomic mass is 16.3. The summed E-state index contributed by atoms with van der Waals surface area (Å²) in [5.74, 6) is -1.03. The van der Waals surface area contributed by atoms with Crippen molar-refractivity contribution >= 4 is 17.3 Å². The molecule has 0 amide bonds. The minimum Gasteiger partial charge on any atom is -0.460 e. The predicted molar refractivity (Wildman–Crippen MR) is 84.0 cm³/mol. The third-order valence-corrected chi connectivity index (χ3v) is 5.94. The molecule has 0 bridgehead atoms. The van der Waals surface area contributed by atoms with E-state index in [4.69, 9.17) is 4.42 Å². The van der Waals surface area contributed by atoms with Crippen LogP contribution < -0.4 is 0 Å². The van der Waals surface area contributed by atoms with Gasteiger partial charge in [0.1, 0.15) is 18.5 Å². The number of Topliss-reactive ketones (excluding diaryl/α,β-unsaturated/α-hetero) is 2. The van der Waals surface area contributed by atoms with Crippen LogP contribution in [0.25, 0.3) is 0 Å².